The van der Waals surface area contributed by atoms with Crippen LogP contribution in [-0.4, -0.2) is 31.8 Å². The number of methoxy groups -OCH3 is 1. The minimum absolute atomic E-state index is 0.252. The molecule has 0 aromatic carbocycles. The topological polar surface area (TPSA) is 47.3 Å². The molecule has 1 fully saturated rings. The fourth-order valence-electron chi connectivity index (χ4n) is 2.07. The van der Waals surface area contributed by atoms with Crippen molar-refractivity contribution < 1.29 is 4.74 Å². The van der Waals surface area contributed by atoms with Crippen LogP contribution in [0.5, 0.6) is 0 Å². The number of hydrogen-bond donors (Lipinski definition) is 2. The molecule has 3 atom stereocenters. The molecule has 0 radical (unpaired) electrons. The van der Waals surface area contributed by atoms with Crippen molar-refractivity contribution in [3.63, 3.8) is 0 Å². The summed E-state index contributed by atoms with van der Waals surface area (Å²) in [6, 6.07) is 0.845. The minimum Gasteiger partial charge on any atom is -0.381 e. The van der Waals surface area contributed by atoms with Gasteiger partial charge in [0.25, 0.3) is 0 Å². The lowest BCUT2D eigenvalue weighted by Gasteiger charge is -2.51. The molecule has 3 unspecified atom stereocenters. The van der Waals surface area contributed by atoms with Crippen molar-refractivity contribution in [1.29, 1.82) is 0 Å². The van der Waals surface area contributed by atoms with E-state index in [1.807, 2.05) is 0 Å². The van der Waals surface area contributed by atoms with Gasteiger partial charge in [-0.3, -0.25) is 0 Å². The summed E-state index contributed by atoms with van der Waals surface area (Å²) in [5, 5.41) is 3.52. The Morgan fingerprint density at radius 1 is 1.57 bits per heavy atom. The zero-order valence-electron chi connectivity index (χ0n) is 9.84. The molecule has 0 aliphatic heterocycles. The predicted octanol–water partition coefficient (Wildman–Crippen LogP) is 1.13. The Balaban J connectivity index is 2.28. The Morgan fingerprint density at radius 2 is 2.21 bits per heavy atom. The molecule has 0 aromatic heterocycles. The number of nitrogens with one attached hydrogen (secondary N) is 1. The molecular formula is C11H24N2O. The van der Waals surface area contributed by atoms with E-state index in [1.54, 1.807) is 7.11 Å². The average Bonchev–Trinajstić information content (AvgIpc) is 2.16. The van der Waals surface area contributed by atoms with Gasteiger partial charge in [-0.05, 0) is 12.8 Å². The van der Waals surface area contributed by atoms with Crippen LogP contribution in [0.4, 0.5) is 0 Å². The average molecular weight is 200 g/mol. The van der Waals surface area contributed by atoms with Crippen molar-refractivity contribution in [2.75, 3.05) is 13.7 Å². The van der Waals surface area contributed by atoms with Crippen molar-refractivity contribution in [3.05, 3.63) is 0 Å². The lowest BCUT2D eigenvalue weighted by molar-refractivity contribution is -0.0975. The van der Waals surface area contributed by atoms with Crippen LogP contribution in [0.25, 0.3) is 0 Å². The number of ether oxygens (including phenoxy) is 1. The van der Waals surface area contributed by atoms with E-state index in [0.29, 0.717) is 12.1 Å². The standard InChI is InChI=1S/C11H24N2O/c1-5-8(12)7-13-9-6-10(14-4)11(9,2)3/h8-10,13H,5-7,12H2,1-4H3. The van der Waals surface area contributed by atoms with Gasteiger partial charge in [-0.25, -0.2) is 0 Å². The van der Waals surface area contributed by atoms with Crippen molar-refractivity contribution in [2.45, 2.75) is 51.8 Å². The molecule has 1 aliphatic rings. The Bertz CT molecular complexity index is 182. The minimum atomic E-state index is 0.252. The summed E-state index contributed by atoms with van der Waals surface area (Å²) >= 11 is 0. The van der Waals surface area contributed by atoms with Gasteiger partial charge < -0.3 is 15.8 Å². The van der Waals surface area contributed by atoms with Gasteiger partial charge >= 0.3 is 0 Å². The second kappa shape index (κ2) is 4.60. The van der Waals surface area contributed by atoms with Crippen LogP contribution >= 0.6 is 0 Å². The summed E-state index contributed by atoms with van der Waals surface area (Å²) in [6.45, 7) is 7.54. The molecule has 0 amide bonds. The Kier molecular flexibility index (Phi) is 3.93. The van der Waals surface area contributed by atoms with Gasteiger partial charge in [0.15, 0.2) is 0 Å². The molecule has 3 heteroatoms. The molecular weight excluding hydrogens is 176 g/mol. The maximum atomic E-state index is 5.86. The van der Waals surface area contributed by atoms with Crippen LogP contribution in [0, 0.1) is 5.41 Å². The van der Waals surface area contributed by atoms with Crippen LogP contribution in [-0.2, 0) is 4.74 Å². The van der Waals surface area contributed by atoms with Crippen molar-refractivity contribution in [2.24, 2.45) is 11.1 Å². The summed E-state index contributed by atoms with van der Waals surface area (Å²) < 4.78 is 5.39. The zero-order valence-corrected chi connectivity index (χ0v) is 9.84. The van der Waals surface area contributed by atoms with Crippen molar-refractivity contribution in [3.8, 4) is 0 Å². The molecule has 1 saturated carbocycles. The smallest absolute Gasteiger partial charge is 0.0652 e. The van der Waals surface area contributed by atoms with E-state index in [4.69, 9.17) is 10.5 Å². The highest BCUT2D eigenvalue weighted by Crippen LogP contribution is 2.42. The van der Waals surface area contributed by atoms with Crippen molar-refractivity contribution in [1.82, 2.24) is 5.32 Å². The zero-order chi connectivity index (χ0) is 10.8. The molecule has 0 saturated heterocycles. The Labute approximate surface area is 87.4 Å². The molecule has 1 aliphatic carbocycles. The third-order valence-corrected chi connectivity index (χ3v) is 3.61. The van der Waals surface area contributed by atoms with Crippen LogP contribution in [0.2, 0.25) is 0 Å². The molecule has 14 heavy (non-hydrogen) atoms. The summed E-state index contributed by atoms with van der Waals surface area (Å²) in [7, 11) is 1.79. The van der Waals surface area contributed by atoms with E-state index in [-0.39, 0.29) is 11.5 Å². The maximum Gasteiger partial charge on any atom is 0.0652 e. The number of rotatable bonds is 5. The maximum absolute atomic E-state index is 5.86. The van der Waals surface area contributed by atoms with Gasteiger partial charge in [0.2, 0.25) is 0 Å². The lowest BCUT2D eigenvalue weighted by Crippen LogP contribution is -2.61. The summed E-state index contributed by atoms with van der Waals surface area (Å²) in [4.78, 5) is 0. The van der Waals surface area contributed by atoms with Crippen LogP contribution < -0.4 is 11.1 Å². The SMILES string of the molecule is CCC(N)CNC1CC(OC)C1(C)C. The highest BCUT2D eigenvalue weighted by Gasteiger charge is 2.48. The number of nitrogens with two attached hydrogens (primary N) is 1. The molecule has 0 spiro atoms. The normalized spacial score (nSPS) is 32.4. The fraction of sp³-hybridized carbons (Fsp3) is 1.00. The fourth-order valence-corrected chi connectivity index (χ4v) is 2.07. The van der Waals surface area contributed by atoms with Crippen molar-refractivity contribution >= 4 is 0 Å². The molecule has 1 rings (SSSR count). The second-order valence-electron chi connectivity index (χ2n) is 4.91. The molecule has 0 heterocycles. The second-order valence-corrected chi connectivity index (χ2v) is 4.91. The number of hydrogen-bond acceptors (Lipinski definition) is 3. The monoisotopic (exact) mass is 200 g/mol. The first-order chi connectivity index (χ1) is 6.52. The van der Waals surface area contributed by atoms with Gasteiger partial charge in [-0.15, -0.1) is 0 Å². The highest BCUT2D eigenvalue weighted by atomic mass is 16.5. The van der Waals surface area contributed by atoms with E-state index >= 15 is 0 Å². The van der Waals surface area contributed by atoms with Crippen LogP contribution in [0.3, 0.4) is 0 Å². The molecule has 84 valence electrons. The molecule has 0 bridgehead atoms. The molecule has 3 nitrogen and oxygen atoms in total. The van der Waals surface area contributed by atoms with Crippen LogP contribution in [0.15, 0.2) is 0 Å². The van der Waals surface area contributed by atoms with Crippen LogP contribution in [0.1, 0.15) is 33.6 Å². The Morgan fingerprint density at radius 3 is 2.64 bits per heavy atom. The predicted molar refractivity (Wildman–Crippen MR) is 59.3 cm³/mol. The van der Waals surface area contributed by atoms with Gasteiger partial charge in [0.05, 0.1) is 6.10 Å². The summed E-state index contributed by atoms with van der Waals surface area (Å²) in [5.41, 5.74) is 6.11. The van der Waals surface area contributed by atoms with E-state index in [2.05, 4.69) is 26.1 Å². The third kappa shape index (κ3) is 2.27. The van der Waals surface area contributed by atoms with E-state index in [1.165, 1.54) is 0 Å². The first kappa shape index (κ1) is 12.0. The largest absolute Gasteiger partial charge is 0.381 e. The summed E-state index contributed by atoms with van der Waals surface area (Å²) in [6.07, 6.45) is 2.55. The first-order valence-electron chi connectivity index (χ1n) is 5.54. The quantitative estimate of drug-likeness (QED) is 0.699. The lowest BCUT2D eigenvalue weighted by atomic mass is 9.64. The van der Waals surface area contributed by atoms with Gasteiger partial charge in [0.1, 0.15) is 0 Å². The first-order valence-corrected chi connectivity index (χ1v) is 5.54. The van der Waals surface area contributed by atoms with Gasteiger partial charge in [-0.2, -0.15) is 0 Å². The van der Waals surface area contributed by atoms with E-state index < -0.39 is 0 Å². The molecule has 0 aromatic rings. The molecule has 3 N–H and O–H groups in total. The van der Waals surface area contributed by atoms with Gasteiger partial charge in [0, 0.05) is 31.2 Å². The van der Waals surface area contributed by atoms with E-state index in [0.717, 1.165) is 19.4 Å². The third-order valence-electron chi connectivity index (χ3n) is 3.61. The Hall–Kier alpha value is -0.120. The van der Waals surface area contributed by atoms with Gasteiger partial charge in [-0.1, -0.05) is 20.8 Å². The highest BCUT2D eigenvalue weighted by molar-refractivity contribution is 5.02. The van der Waals surface area contributed by atoms with E-state index in [9.17, 15) is 0 Å². The summed E-state index contributed by atoms with van der Waals surface area (Å²) in [5.74, 6) is 0.